The molecule has 102 valence electrons. The van der Waals surface area contributed by atoms with Crippen LogP contribution in [0.4, 0.5) is 0 Å². The van der Waals surface area contributed by atoms with Crippen LogP contribution >= 0.6 is 23.5 Å². The number of ether oxygens (including phenoxy) is 1. The maximum Gasteiger partial charge on any atom is 0.149 e. The number of Topliss-reactive ketones (excluding diaryl/α,β-unsaturated/α-hetero) is 1. The molecular formula is C14H22O2S2. The van der Waals surface area contributed by atoms with Crippen LogP contribution in [0.5, 0.6) is 0 Å². The van der Waals surface area contributed by atoms with E-state index < -0.39 is 0 Å². The summed E-state index contributed by atoms with van der Waals surface area (Å²) in [7, 11) is 0. The van der Waals surface area contributed by atoms with Crippen LogP contribution in [0.25, 0.3) is 0 Å². The van der Waals surface area contributed by atoms with Gasteiger partial charge in [0.1, 0.15) is 5.78 Å². The van der Waals surface area contributed by atoms with E-state index in [0.717, 1.165) is 38.7 Å². The summed E-state index contributed by atoms with van der Waals surface area (Å²) in [6, 6.07) is 0. The molecule has 3 aliphatic rings. The third-order valence-corrected chi connectivity index (χ3v) is 6.93. The van der Waals surface area contributed by atoms with E-state index in [1.807, 2.05) is 23.5 Å². The Kier molecular flexibility index (Phi) is 4.26. The number of carbonyl (C=O) groups excluding carboxylic acids is 1. The van der Waals surface area contributed by atoms with Gasteiger partial charge in [0.05, 0.1) is 10.9 Å². The highest BCUT2D eigenvalue weighted by molar-refractivity contribution is 8.00. The van der Waals surface area contributed by atoms with Crippen molar-refractivity contribution in [2.24, 2.45) is 5.92 Å². The fourth-order valence-corrected chi connectivity index (χ4v) is 5.97. The third kappa shape index (κ3) is 2.75. The number of hydrogen-bond donors (Lipinski definition) is 0. The highest BCUT2D eigenvalue weighted by atomic mass is 32.2. The van der Waals surface area contributed by atoms with Crippen molar-refractivity contribution in [2.75, 3.05) is 23.9 Å². The predicted molar refractivity (Wildman–Crippen MR) is 78.5 cm³/mol. The topological polar surface area (TPSA) is 26.3 Å². The molecule has 3 saturated heterocycles. The van der Waals surface area contributed by atoms with E-state index in [-0.39, 0.29) is 11.5 Å². The highest BCUT2D eigenvalue weighted by Crippen LogP contribution is 2.41. The normalized spacial score (nSPS) is 35.8. The van der Waals surface area contributed by atoms with Crippen molar-refractivity contribution in [3.8, 4) is 0 Å². The molecule has 0 aromatic heterocycles. The van der Waals surface area contributed by atoms with E-state index in [1.165, 1.54) is 23.7 Å². The van der Waals surface area contributed by atoms with Crippen LogP contribution in [0.3, 0.4) is 0 Å². The Morgan fingerprint density at radius 2 is 2.00 bits per heavy atom. The second-order valence-corrected chi connectivity index (χ2v) is 8.27. The lowest BCUT2D eigenvalue weighted by molar-refractivity contribution is -0.138. The zero-order chi connectivity index (χ0) is 12.4. The smallest absolute Gasteiger partial charge is 0.149 e. The minimum atomic E-state index is 0.0626. The van der Waals surface area contributed by atoms with E-state index in [4.69, 9.17) is 4.74 Å². The lowest BCUT2D eigenvalue weighted by atomic mass is 9.79. The molecule has 3 aliphatic heterocycles. The number of ketones is 1. The Bertz CT molecular complexity index is 301. The van der Waals surface area contributed by atoms with Crippen LogP contribution < -0.4 is 0 Å². The van der Waals surface area contributed by atoms with Gasteiger partial charge < -0.3 is 4.74 Å². The Balaban J connectivity index is 1.64. The first kappa shape index (κ1) is 13.3. The summed E-state index contributed by atoms with van der Waals surface area (Å²) >= 11 is 3.91. The molecule has 2 nitrogen and oxygen atoms in total. The lowest BCUT2D eigenvalue weighted by Gasteiger charge is -2.43. The molecule has 1 spiro atoms. The quantitative estimate of drug-likeness (QED) is 0.779. The Morgan fingerprint density at radius 3 is 2.72 bits per heavy atom. The van der Waals surface area contributed by atoms with Crippen molar-refractivity contribution in [1.82, 2.24) is 0 Å². The van der Waals surface area contributed by atoms with Gasteiger partial charge >= 0.3 is 0 Å². The Labute approximate surface area is 118 Å². The van der Waals surface area contributed by atoms with Crippen LogP contribution in [0.1, 0.15) is 38.5 Å². The van der Waals surface area contributed by atoms with Gasteiger partial charge in [0.25, 0.3) is 0 Å². The second kappa shape index (κ2) is 5.76. The standard InChI is InChI=1S/C14H22O2S2/c15-13(12-2-1-7-18-12)11-3-6-16-14(10-11)4-8-17-9-5-14/h11-12H,1-10H2. The molecule has 0 saturated carbocycles. The molecule has 0 aromatic rings. The second-order valence-electron chi connectivity index (χ2n) is 5.74. The first-order valence-electron chi connectivity index (χ1n) is 7.16. The summed E-state index contributed by atoms with van der Waals surface area (Å²) in [5.74, 6) is 4.43. The summed E-state index contributed by atoms with van der Waals surface area (Å²) < 4.78 is 6.08. The average Bonchev–Trinajstić information content (AvgIpc) is 2.93. The molecule has 3 heterocycles. The number of rotatable bonds is 2. The van der Waals surface area contributed by atoms with Crippen LogP contribution in [-0.4, -0.2) is 40.5 Å². The highest BCUT2D eigenvalue weighted by Gasteiger charge is 2.42. The maximum absolute atomic E-state index is 12.5. The maximum atomic E-state index is 12.5. The monoisotopic (exact) mass is 286 g/mol. The van der Waals surface area contributed by atoms with Crippen LogP contribution in [-0.2, 0) is 9.53 Å². The molecule has 3 rings (SSSR count). The third-order valence-electron chi connectivity index (χ3n) is 4.55. The fourth-order valence-electron chi connectivity index (χ4n) is 3.43. The fraction of sp³-hybridized carbons (Fsp3) is 0.929. The van der Waals surface area contributed by atoms with E-state index in [1.54, 1.807) is 0 Å². The van der Waals surface area contributed by atoms with Crippen LogP contribution in [0, 0.1) is 5.92 Å². The first-order chi connectivity index (χ1) is 8.79. The SMILES string of the molecule is O=C(C1CCOC2(CCSCC2)C1)C1CCCS1. The van der Waals surface area contributed by atoms with E-state index >= 15 is 0 Å². The molecule has 0 amide bonds. The zero-order valence-electron chi connectivity index (χ0n) is 10.9. The lowest BCUT2D eigenvalue weighted by Crippen LogP contribution is -2.45. The summed E-state index contributed by atoms with van der Waals surface area (Å²) in [6.45, 7) is 0.804. The Morgan fingerprint density at radius 1 is 1.17 bits per heavy atom. The van der Waals surface area contributed by atoms with Crippen molar-refractivity contribution >= 4 is 29.3 Å². The van der Waals surface area contributed by atoms with E-state index in [0.29, 0.717) is 11.0 Å². The number of carbonyl (C=O) groups is 1. The molecule has 3 fully saturated rings. The molecule has 0 N–H and O–H groups in total. The molecule has 2 atom stereocenters. The molecule has 0 aliphatic carbocycles. The molecule has 0 bridgehead atoms. The van der Waals surface area contributed by atoms with Gasteiger partial charge in [-0.25, -0.2) is 0 Å². The van der Waals surface area contributed by atoms with Crippen molar-refractivity contribution in [3.63, 3.8) is 0 Å². The van der Waals surface area contributed by atoms with Crippen molar-refractivity contribution in [3.05, 3.63) is 0 Å². The molecular weight excluding hydrogens is 264 g/mol. The van der Waals surface area contributed by atoms with Gasteiger partial charge in [-0.2, -0.15) is 23.5 Å². The van der Waals surface area contributed by atoms with Gasteiger partial charge in [-0.05, 0) is 55.8 Å². The van der Waals surface area contributed by atoms with Crippen LogP contribution in [0.15, 0.2) is 0 Å². The van der Waals surface area contributed by atoms with Gasteiger partial charge in [0, 0.05) is 12.5 Å². The summed E-state index contributed by atoms with van der Waals surface area (Å²) in [5, 5.41) is 0.308. The Hall–Kier alpha value is 0.330. The van der Waals surface area contributed by atoms with Crippen molar-refractivity contribution in [2.45, 2.75) is 49.4 Å². The molecule has 4 heteroatoms. The average molecular weight is 286 g/mol. The molecule has 2 unspecified atom stereocenters. The van der Waals surface area contributed by atoms with Crippen molar-refractivity contribution < 1.29 is 9.53 Å². The first-order valence-corrected chi connectivity index (χ1v) is 9.36. The zero-order valence-corrected chi connectivity index (χ0v) is 12.5. The summed E-state index contributed by atoms with van der Waals surface area (Å²) in [6.07, 6.45) is 6.61. The van der Waals surface area contributed by atoms with Gasteiger partial charge in [-0.1, -0.05) is 0 Å². The molecule has 18 heavy (non-hydrogen) atoms. The van der Waals surface area contributed by atoms with E-state index in [2.05, 4.69) is 0 Å². The largest absolute Gasteiger partial charge is 0.375 e. The minimum absolute atomic E-state index is 0.0626. The van der Waals surface area contributed by atoms with Gasteiger partial charge in [-0.3, -0.25) is 4.79 Å². The van der Waals surface area contributed by atoms with Gasteiger partial charge in [0.15, 0.2) is 0 Å². The van der Waals surface area contributed by atoms with Crippen molar-refractivity contribution in [1.29, 1.82) is 0 Å². The number of hydrogen-bond acceptors (Lipinski definition) is 4. The number of thioether (sulfide) groups is 2. The predicted octanol–water partition coefficient (Wildman–Crippen LogP) is 3.14. The van der Waals surface area contributed by atoms with Gasteiger partial charge in [0.2, 0.25) is 0 Å². The summed E-state index contributed by atoms with van der Waals surface area (Å²) in [4.78, 5) is 12.5. The molecule has 0 radical (unpaired) electrons. The summed E-state index contributed by atoms with van der Waals surface area (Å²) in [5.41, 5.74) is 0.0626. The van der Waals surface area contributed by atoms with Gasteiger partial charge in [-0.15, -0.1) is 0 Å². The molecule has 0 aromatic carbocycles. The minimum Gasteiger partial charge on any atom is -0.375 e. The van der Waals surface area contributed by atoms with E-state index in [9.17, 15) is 4.79 Å². The van der Waals surface area contributed by atoms with Crippen LogP contribution in [0.2, 0.25) is 0 Å².